The van der Waals surface area contributed by atoms with Gasteiger partial charge in [0.1, 0.15) is 29.7 Å². The molecule has 1 aromatic carbocycles. The van der Waals surface area contributed by atoms with Gasteiger partial charge in [-0.05, 0) is 73.1 Å². The molecular formula is C28H33N7O. The van der Waals surface area contributed by atoms with E-state index in [9.17, 15) is 0 Å². The first-order chi connectivity index (χ1) is 17.5. The molecule has 0 spiro atoms. The van der Waals surface area contributed by atoms with Crippen LogP contribution in [0.3, 0.4) is 0 Å². The van der Waals surface area contributed by atoms with Crippen LogP contribution in [0.1, 0.15) is 63.5 Å². The summed E-state index contributed by atoms with van der Waals surface area (Å²) < 4.78 is 9.78. The fraction of sp³-hybridized carbons (Fsp3) is 0.357. The second-order valence-electron chi connectivity index (χ2n) is 9.76. The van der Waals surface area contributed by atoms with Crippen LogP contribution >= 0.6 is 0 Å². The lowest BCUT2D eigenvalue weighted by Crippen LogP contribution is -2.05. The molecule has 36 heavy (non-hydrogen) atoms. The second kappa shape index (κ2) is 10.4. The minimum Gasteiger partial charge on any atom is -0.457 e. The zero-order valence-corrected chi connectivity index (χ0v) is 21.3. The fourth-order valence-electron chi connectivity index (χ4n) is 4.70. The molecule has 1 atom stereocenters. The molecular weight excluding hydrogens is 450 g/mol. The molecule has 4 aromatic heterocycles. The molecule has 8 heteroatoms. The molecule has 0 fully saturated rings. The average Bonchev–Trinajstić information content (AvgIpc) is 3.51. The van der Waals surface area contributed by atoms with Gasteiger partial charge < -0.3 is 10.1 Å². The minimum atomic E-state index is 0.495. The van der Waals surface area contributed by atoms with Crippen LogP contribution in [0.5, 0.6) is 11.5 Å². The maximum atomic E-state index is 6.13. The number of hydrogen-bond acceptors (Lipinski definition) is 6. The Morgan fingerprint density at radius 2 is 1.72 bits per heavy atom. The molecule has 0 bridgehead atoms. The first-order valence-electron chi connectivity index (χ1n) is 12.7. The predicted octanol–water partition coefficient (Wildman–Crippen LogP) is 6.94. The van der Waals surface area contributed by atoms with Gasteiger partial charge in [0.25, 0.3) is 0 Å². The first kappa shape index (κ1) is 23.8. The van der Waals surface area contributed by atoms with E-state index < -0.39 is 0 Å². The molecule has 4 heterocycles. The number of fused-ring (bicyclic) bond motifs is 2. The molecule has 1 N–H and O–H groups in total. The normalized spacial score (nSPS) is 12.5. The van der Waals surface area contributed by atoms with Crippen LogP contribution in [0.15, 0.2) is 61.4 Å². The summed E-state index contributed by atoms with van der Waals surface area (Å²) in [6.45, 7) is 8.88. The number of rotatable bonds is 10. The molecule has 186 valence electrons. The highest BCUT2D eigenvalue weighted by Gasteiger charge is 2.19. The Hall–Kier alpha value is -3.94. The summed E-state index contributed by atoms with van der Waals surface area (Å²) in [7, 11) is 0. The van der Waals surface area contributed by atoms with Gasteiger partial charge in [-0.1, -0.05) is 33.6 Å². The van der Waals surface area contributed by atoms with Gasteiger partial charge in [-0.15, -0.1) is 0 Å². The van der Waals surface area contributed by atoms with E-state index in [0.717, 1.165) is 52.6 Å². The van der Waals surface area contributed by atoms with Crippen molar-refractivity contribution in [1.82, 2.24) is 29.2 Å². The highest BCUT2D eigenvalue weighted by Crippen LogP contribution is 2.35. The molecule has 0 aliphatic heterocycles. The summed E-state index contributed by atoms with van der Waals surface area (Å²) in [4.78, 5) is 8.85. The maximum absolute atomic E-state index is 6.13. The van der Waals surface area contributed by atoms with Gasteiger partial charge >= 0.3 is 0 Å². The molecule has 5 aromatic rings. The SMILES string of the molecule is CCCC(CCC(C)C)c1ccn2ncnc(Nc3ccc(Oc4ccn5ncnc5c4)c(C)c3)c12. The van der Waals surface area contributed by atoms with E-state index in [1.54, 1.807) is 10.8 Å². The number of anilines is 2. The Morgan fingerprint density at radius 3 is 2.53 bits per heavy atom. The fourth-order valence-corrected chi connectivity index (χ4v) is 4.70. The molecule has 0 saturated carbocycles. The first-order valence-corrected chi connectivity index (χ1v) is 12.7. The number of nitrogens with zero attached hydrogens (tertiary/aromatic N) is 6. The van der Waals surface area contributed by atoms with Gasteiger partial charge in [0.15, 0.2) is 11.5 Å². The summed E-state index contributed by atoms with van der Waals surface area (Å²) in [5.74, 6) is 3.51. The lowest BCUT2D eigenvalue weighted by Gasteiger charge is -2.18. The van der Waals surface area contributed by atoms with Gasteiger partial charge in [-0.25, -0.2) is 19.0 Å². The van der Waals surface area contributed by atoms with Gasteiger partial charge in [0, 0.05) is 24.1 Å². The summed E-state index contributed by atoms with van der Waals surface area (Å²) >= 11 is 0. The summed E-state index contributed by atoms with van der Waals surface area (Å²) in [5, 5.41) is 12.1. The lowest BCUT2D eigenvalue weighted by molar-refractivity contribution is 0.478. The standard InChI is InChI=1S/C28H33N7O/c1-5-6-21(8-7-19(2)3)24-12-14-35-27(24)28(30-18-32-35)33-22-9-10-25(20(4)15-22)36-23-11-13-34-26(16-23)29-17-31-34/h9-19,21H,5-8H2,1-4H3,(H,30,32,33). The minimum absolute atomic E-state index is 0.495. The van der Waals surface area contributed by atoms with E-state index in [1.165, 1.54) is 24.7 Å². The number of ether oxygens (including phenoxy) is 1. The Kier molecular flexibility index (Phi) is 6.84. The molecule has 5 rings (SSSR count). The van der Waals surface area contributed by atoms with Crippen molar-refractivity contribution in [3.63, 3.8) is 0 Å². The Morgan fingerprint density at radius 1 is 0.917 bits per heavy atom. The summed E-state index contributed by atoms with van der Waals surface area (Å²) in [6, 6.07) is 12.0. The van der Waals surface area contributed by atoms with Crippen LogP contribution in [0.25, 0.3) is 11.2 Å². The number of pyridine rings is 1. The van der Waals surface area contributed by atoms with Crippen molar-refractivity contribution in [3.05, 3.63) is 72.6 Å². The third-order valence-corrected chi connectivity index (χ3v) is 6.57. The van der Waals surface area contributed by atoms with E-state index in [4.69, 9.17) is 4.74 Å². The van der Waals surface area contributed by atoms with Gasteiger partial charge in [-0.2, -0.15) is 10.2 Å². The van der Waals surface area contributed by atoms with Crippen LogP contribution in [-0.4, -0.2) is 29.2 Å². The van der Waals surface area contributed by atoms with Crippen molar-refractivity contribution in [2.45, 2.75) is 59.3 Å². The Balaban J connectivity index is 1.40. The van der Waals surface area contributed by atoms with Crippen LogP contribution in [0.2, 0.25) is 0 Å². The highest BCUT2D eigenvalue weighted by molar-refractivity contribution is 5.77. The Bertz CT molecular complexity index is 1470. The van der Waals surface area contributed by atoms with E-state index in [2.05, 4.69) is 58.4 Å². The van der Waals surface area contributed by atoms with Crippen LogP contribution < -0.4 is 10.1 Å². The summed E-state index contributed by atoms with van der Waals surface area (Å²) in [5.41, 5.74) is 5.09. The van der Waals surface area contributed by atoms with Gasteiger partial charge in [0.2, 0.25) is 0 Å². The van der Waals surface area contributed by atoms with Crippen LogP contribution in [-0.2, 0) is 0 Å². The van der Waals surface area contributed by atoms with Gasteiger partial charge in [0.05, 0.1) is 0 Å². The van der Waals surface area contributed by atoms with Crippen LogP contribution in [0.4, 0.5) is 11.5 Å². The van der Waals surface area contributed by atoms with Crippen molar-refractivity contribution in [3.8, 4) is 11.5 Å². The second-order valence-corrected chi connectivity index (χ2v) is 9.76. The van der Waals surface area contributed by atoms with E-state index >= 15 is 0 Å². The number of benzene rings is 1. The van der Waals surface area contributed by atoms with E-state index in [1.807, 2.05) is 48.1 Å². The van der Waals surface area contributed by atoms with Crippen molar-refractivity contribution in [1.29, 1.82) is 0 Å². The number of aryl methyl sites for hydroxylation is 1. The molecule has 8 nitrogen and oxygen atoms in total. The van der Waals surface area contributed by atoms with Crippen molar-refractivity contribution < 1.29 is 4.74 Å². The summed E-state index contributed by atoms with van der Waals surface area (Å²) in [6.07, 6.45) is 11.7. The van der Waals surface area contributed by atoms with Crippen molar-refractivity contribution in [2.75, 3.05) is 5.32 Å². The average molecular weight is 484 g/mol. The van der Waals surface area contributed by atoms with E-state index in [-0.39, 0.29) is 0 Å². The van der Waals surface area contributed by atoms with Crippen LogP contribution in [0, 0.1) is 12.8 Å². The lowest BCUT2D eigenvalue weighted by atomic mass is 9.88. The largest absolute Gasteiger partial charge is 0.457 e. The molecule has 0 radical (unpaired) electrons. The molecule has 0 amide bonds. The zero-order valence-electron chi connectivity index (χ0n) is 21.3. The zero-order chi connectivity index (χ0) is 25.1. The predicted molar refractivity (Wildman–Crippen MR) is 142 cm³/mol. The van der Waals surface area contributed by atoms with Crippen molar-refractivity contribution in [2.24, 2.45) is 5.92 Å². The number of aromatic nitrogens is 6. The Labute approximate surface area is 211 Å². The van der Waals surface area contributed by atoms with E-state index in [0.29, 0.717) is 11.8 Å². The maximum Gasteiger partial charge on any atom is 0.158 e. The molecule has 0 aliphatic rings. The smallest absolute Gasteiger partial charge is 0.158 e. The highest BCUT2D eigenvalue weighted by atomic mass is 16.5. The molecule has 1 unspecified atom stereocenters. The number of hydrogen-bond donors (Lipinski definition) is 1. The molecule has 0 saturated heterocycles. The third-order valence-electron chi connectivity index (χ3n) is 6.57. The quantitative estimate of drug-likeness (QED) is 0.232. The van der Waals surface area contributed by atoms with Gasteiger partial charge in [-0.3, -0.25) is 0 Å². The number of nitrogens with one attached hydrogen (secondary N) is 1. The van der Waals surface area contributed by atoms with Crippen molar-refractivity contribution >= 4 is 22.7 Å². The monoisotopic (exact) mass is 483 g/mol. The topological polar surface area (TPSA) is 81.6 Å². The third kappa shape index (κ3) is 5.03. The molecule has 0 aliphatic carbocycles.